The number of fused-ring (bicyclic) bond motifs is 3. The standard InChI is InChI=1S/C17H17N5/c1-11-4-6-12(7-5-11)14-8-15-16(20-14)18-9-13-10-19-17(21(2)3)22(13)15/h4-10,20H,1-3H3. The van der Waals surface area contributed by atoms with E-state index >= 15 is 0 Å². The summed E-state index contributed by atoms with van der Waals surface area (Å²) in [5.41, 5.74) is 6.37. The van der Waals surface area contributed by atoms with Crippen molar-refractivity contribution in [3.05, 3.63) is 48.3 Å². The quantitative estimate of drug-likeness (QED) is 0.617. The van der Waals surface area contributed by atoms with Crippen molar-refractivity contribution in [1.82, 2.24) is 19.4 Å². The summed E-state index contributed by atoms with van der Waals surface area (Å²) in [6.07, 6.45) is 3.69. The fourth-order valence-electron chi connectivity index (χ4n) is 2.73. The van der Waals surface area contributed by atoms with Gasteiger partial charge in [-0.05, 0) is 18.6 Å². The average molecular weight is 291 g/mol. The number of aryl methyl sites for hydroxylation is 1. The Balaban J connectivity index is 1.98. The molecule has 0 saturated carbocycles. The number of hydrogen-bond acceptors (Lipinski definition) is 3. The largest absolute Gasteiger partial charge is 0.348 e. The van der Waals surface area contributed by atoms with Crippen LogP contribution in [0.5, 0.6) is 0 Å². The van der Waals surface area contributed by atoms with Gasteiger partial charge < -0.3 is 9.88 Å². The van der Waals surface area contributed by atoms with Gasteiger partial charge in [0.15, 0.2) is 5.65 Å². The lowest BCUT2D eigenvalue weighted by atomic mass is 10.1. The summed E-state index contributed by atoms with van der Waals surface area (Å²) in [6.45, 7) is 2.09. The van der Waals surface area contributed by atoms with Crippen molar-refractivity contribution >= 4 is 22.6 Å². The molecule has 0 aliphatic carbocycles. The van der Waals surface area contributed by atoms with E-state index < -0.39 is 0 Å². The van der Waals surface area contributed by atoms with Gasteiger partial charge in [-0.25, -0.2) is 9.97 Å². The van der Waals surface area contributed by atoms with Crippen LogP contribution in [0.15, 0.2) is 42.7 Å². The van der Waals surface area contributed by atoms with Crippen LogP contribution in [-0.4, -0.2) is 33.4 Å². The Bertz CT molecular complexity index is 960. The highest BCUT2D eigenvalue weighted by Gasteiger charge is 2.12. The molecule has 110 valence electrons. The molecular weight excluding hydrogens is 274 g/mol. The van der Waals surface area contributed by atoms with E-state index in [0.717, 1.165) is 33.9 Å². The molecule has 0 fully saturated rings. The first kappa shape index (κ1) is 12.9. The van der Waals surface area contributed by atoms with Crippen LogP contribution in [0, 0.1) is 6.92 Å². The summed E-state index contributed by atoms with van der Waals surface area (Å²) in [4.78, 5) is 14.4. The minimum absolute atomic E-state index is 0.865. The van der Waals surface area contributed by atoms with Gasteiger partial charge in [-0.15, -0.1) is 0 Å². The maximum absolute atomic E-state index is 4.51. The molecule has 0 unspecified atom stereocenters. The third kappa shape index (κ3) is 1.86. The van der Waals surface area contributed by atoms with Crippen molar-refractivity contribution in [2.24, 2.45) is 0 Å². The van der Waals surface area contributed by atoms with Crippen LogP contribution in [0.4, 0.5) is 5.95 Å². The number of H-pyrrole nitrogens is 1. The zero-order valence-electron chi connectivity index (χ0n) is 12.8. The number of anilines is 1. The van der Waals surface area contributed by atoms with E-state index in [9.17, 15) is 0 Å². The Morgan fingerprint density at radius 2 is 1.77 bits per heavy atom. The minimum Gasteiger partial charge on any atom is -0.348 e. The smallest absolute Gasteiger partial charge is 0.210 e. The van der Waals surface area contributed by atoms with E-state index in [4.69, 9.17) is 0 Å². The molecule has 5 nitrogen and oxygen atoms in total. The van der Waals surface area contributed by atoms with Crippen molar-refractivity contribution in [2.75, 3.05) is 19.0 Å². The first-order valence-electron chi connectivity index (χ1n) is 7.23. The molecule has 4 rings (SSSR count). The molecule has 0 aliphatic rings. The van der Waals surface area contributed by atoms with Crippen molar-refractivity contribution < 1.29 is 0 Å². The molecule has 0 radical (unpaired) electrons. The molecule has 0 spiro atoms. The average Bonchev–Trinajstić information content (AvgIpc) is 3.11. The Morgan fingerprint density at radius 1 is 1.05 bits per heavy atom. The van der Waals surface area contributed by atoms with Gasteiger partial charge in [0.2, 0.25) is 5.95 Å². The number of nitrogens with zero attached hydrogens (tertiary/aromatic N) is 4. The van der Waals surface area contributed by atoms with Gasteiger partial charge in [0.25, 0.3) is 0 Å². The van der Waals surface area contributed by atoms with E-state index in [1.165, 1.54) is 5.56 Å². The summed E-state index contributed by atoms with van der Waals surface area (Å²) < 4.78 is 2.12. The molecule has 1 N–H and O–H groups in total. The topological polar surface area (TPSA) is 49.2 Å². The molecule has 3 heterocycles. The Hall–Kier alpha value is -2.82. The fraction of sp³-hybridized carbons (Fsp3) is 0.176. The van der Waals surface area contributed by atoms with E-state index in [1.54, 1.807) is 0 Å². The van der Waals surface area contributed by atoms with Gasteiger partial charge in [-0.2, -0.15) is 0 Å². The lowest BCUT2D eigenvalue weighted by molar-refractivity contribution is 1.01. The highest BCUT2D eigenvalue weighted by molar-refractivity contribution is 5.83. The molecule has 0 saturated heterocycles. The highest BCUT2D eigenvalue weighted by atomic mass is 15.3. The molecule has 0 atom stereocenters. The number of hydrogen-bond donors (Lipinski definition) is 1. The highest BCUT2D eigenvalue weighted by Crippen LogP contribution is 2.26. The second-order valence-corrected chi connectivity index (χ2v) is 5.75. The van der Waals surface area contributed by atoms with Crippen LogP contribution < -0.4 is 4.90 Å². The zero-order valence-corrected chi connectivity index (χ0v) is 12.8. The maximum atomic E-state index is 4.51. The predicted molar refractivity (Wildman–Crippen MR) is 89.3 cm³/mol. The molecule has 1 aromatic carbocycles. The fourth-order valence-corrected chi connectivity index (χ4v) is 2.73. The SMILES string of the molecule is Cc1ccc(-c2cc3c(ncc4cnc(N(C)C)n43)[nH]2)cc1. The van der Waals surface area contributed by atoms with Crippen LogP contribution >= 0.6 is 0 Å². The summed E-state index contributed by atoms with van der Waals surface area (Å²) in [6, 6.07) is 10.6. The zero-order chi connectivity index (χ0) is 15.3. The second-order valence-electron chi connectivity index (χ2n) is 5.75. The number of imidazole rings is 1. The van der Waals surface area contributed by atoms with Gasteiger partial charge in [0.05, 0.1) is 23.4 Å². The molecule has 0 amide bonds. The monoisotopic (exact) mass is 291 g/mol. The lowest BCUT2D eigenvalue weighted by Gasteiger charge is -2.10. The summed E-state index contributed by atoms with van der Waals surface area (Å²) >= 11 is 0. The summed E-state index contributed by atoms with van der Waals surface area (Å²) in [7, 11) is 3.99. The lowest BCUT2D eigenvalue weighted by Crippen LogP contribution is -2.12. The first-order valence-corrected chi connectivity index (χ1v) is 7.23. The van der Waals surface area contributed by atoms with Gasteiger partial charge in [-0.1, -0.05) is 29.8 Å². The number of aromatic amines is 1. The van der Waals surface area contributed by atoms with Gasteiger partial charge >= 0.3 is 0 Å². The van der Waals surface area contributed by atoms with Gasteiger partial charge in [0, 0.05) is 19.8 Å². The Labute approximate surface area is 128 Å². The molecule has 0 bridgehead atoms. The Morgan fingerprint density at radius 3 is 2.50 bits per heavy atom. The maximum Gasteiger partial charge on any atom is 0.210 e. The van der Waals surface area contributed by atoms with Gasteiger partial charge in [0.1, 0.15) is 0 Å². The molecule has 22 heavy (non-hydrogen) atoms. The van der Waals surface area contributed by atoms with Crippen LogP contribution in [0.3, 0.4) is 0 Å². The first-order chi connectivity index (χ1) is 10.6. The third-order valence-corrected chi connectivity index (χ3v) is 3.88. The number of nitrogens with one attached hydrogen (secondary N) is 1. The number of benzene rings is 1. The van der Waals surface area contributed by atoms with Crippen LogP contribution in [-0.2, 0) is 0 Å². The van der Waals surface area contributed by atoms with E-state index in [2.05, 4.69) is 56.6 Å². The Kier molecular flexibility index (Phi) is 2.69. The van der Waals surface area contributed by atoms with Crippen LogP contribution in [0.25, 0.3) is 27.9 Å². The van der Waals surface area contributed by atoms with Gasteiger partial charge in [-0.3, -0.25) is 4.40 Å². The number of aromatic nitrogens is 4. The van der Waals surface area contributed by atoms with Crippen LogP contribution in [0.2, 0.25) is 0 Å². The molecule has 5 heteroatoms. The minimum atomic E-state index is 0.865. The van der Waals surface area contributed by atoms with Crippen molar-refractivity contribution in [1.29, 1.82) is 0 Å². The molecule has 4 aromatic rings. The van der Waals surface area contributed by atoms with Crippen molar-refractivity contribution in [3.63, 3.8) is 0 Å². The third-order valence-electron chi connectivity index (χ3n) is 3.88. The molecular formula is C17H17N5. The predicted octanol–water partition coefficient (Wildman–Crippen LogP) is 3.25. The normalized spacial score (nSPS) is 11.4. The van der Waals surface area contributed by atoms with Crippen molar-refractivity contribution in [2.45, 2.75) is 6.92 Å². The van der Waals surface area contributed by atoms with E-state index in [1.807, 2.05) is 31.4 Å². The summed E-state index contributed by atoms with van der Waals surface area (Å²) in [5, 5.41) is 0. The van der Waals surface area contributed by atoms with E-state index in [-0.39, 0.29) is 0 Å². The molecule has 3 aromatic heterocycles. The van der Waals surface area contributed by atoms with E-state index in [0.29, 0.717) is 0 Å². The second kappa shape index (κ2) is 4.59. The van der Waals surface area contributed by atoms with Crippen molar-refractivity contribution in [3.8, 4) is 11.3 Å². The molecule has 0 aliphatic heterocycles. The van der Waals surface area contributed by atoms with Crippen LogP contribution in [0.1, 0.15) is 5.56 Å². The summed E-state index contributed by atoms with van der Waals surface area (Å²) in [5.74, 6) is 0.900. The number of rotatable bonds is 2.